The minimum Gasteiger partial charge on any atom is -0.494 e. The second-order valence-corrected chi connectivity index (χ2v) is 11.7. The molecule has 8 heteroatoms. The lowest BCUT2D eigenvalue weighted by Gasteiger charge is -2.37. The van der Waals surface area contributed by atoms with E-state index >= 15 is 0 Å². The lowest BCUT2D eigenvalue weighted by molar-refractivity contribution is -0.138. The van der Waals surface area contributed by atoms with Crippen molar-refractivity contribution < 1.29 is 14.3 Å². The first kappa shape index (κ1) is 26.0. The summed E-state index contributed by atoms with van der Waals surface area (Å²) in [4.78, 5) is 33.5. The molecule has 1 aliphatic carbocycles. The highest BCUT2D eigenvalue weighted by Crippen LogP contribution is 2.61. The van der Waals surface area contributed by atoms with E-state index in [2.05, 4.69) is 20.9 Å². The van der Waals surface area contributed by atoms with E-state index in [1.165, 1.54) is 11.3 Å². The zero-order chi connectivity index (χ0) is 25.4. The largest absolute Gasteiger partial charge is 0.494 e. The van der Waals surface area contributed by atoms with E-state index in [-0.39, 0.29) is 11.8 Å². The minimum absolute atomic E-state index is 0.123. The van der Waals surface area contributed by atoms with Crippen LogP contribution in [0.2, 0.25) is 5.02 Å². The fraction of sp³-hybridized carbons (Fsp3) is 0.519. The van der Waals surface area contributed by atoms with Crippen molar-refractivity contribution in [3.63, 3.8) is 0 Å². The van der Waals surface area contributed by atoms with Crippen molar-refractivity contribution in [1.29, 1.82) is 0 Å². The van der Waals surface area contributed by atoms with E-state index in [0.29, 0.717) is 34.3 Å². The molecule has 188 valence electrons. The second kappa shape index (κ2) is 10.1. The maximum absolute atomic E-state index is 13.3. The molecule has 2 amide bonds. The van der Waals surface area contributed by atoms with Gasteiger partial charge in [-0.15, -0.1) is 0 Å². The van der Waals surface area contributed by atoms with Crippen LogP contribution in [0, 0.1) is 11.3 Å². The number of pyridine rings is 1. The summed E-state index contributed by atoms with van der Waals surface area (Å²) < 4.78 is 6.69. The Bertz CT molecular complexity index is 1110. The van der Waals surface area contributed by atoms with E-state index in [1.807, 2.05) is 36.9 Å². The number of piperidine rings is 1. The highest BCUT2D eigenvalue weighted by atomic mass is 79.9. The molecule has 2 aromatic rings. The molecule has 2 aliphatic rings. The zero-order valence-electron chi connectivity index (χ0n) is 20.8. The molecule has 1 saturated carbocycles. The van der Waals surface area contributed by atoms with Crippen molar-refractivity contribution in [2.24, 2.45) is 11.3 Å². The van der Waals surface area contributed by atoms with E-state index in [1.54, 1.807) is 32.3 Å². The molecule has 1 unspecified atom stereocenters. The zero-order valence-corrected chi connectivity index (χ0v) is 23.2. The molecule has 1 aromatic carbocycles. The van der Waals surface area contributed by atoms with Gasteiger partial charge in [-0.25, -0.2) is 4.98 Å². The number of rotatable bonds is 7. The second-order valence-electron chi connectivity index (χ2n) is 10.5. The highest BCUT2D eigenvalue weighted by molar-refractivity contribution is 9.10. The number of hydrogen-bond donors (Lipinski definition) is 0. The van der Waals surface area contributed by atoms with Gasteiger partial charge < -0.3 is 14.5 Å². The third kappa shape index (κ3) is 5.51. The number of carbonyl (C=O) groups is 2. The van der Waals surface area contributed by atoms with Gasteiger partial charge in [0, 0.05) is 27.2 Å². The van der Waals surface area contributed by atoms with Gasteiger partial charge in [-0.1, -0.05) is 17.7 Å². The topological polar surface area (TPSA) is 62.7 Å². The van der Waals surface area contributed by atoms with Gasteiger partial charge in [0.05, 0.1) is 28.3 Å². The van der Waals surface area contributed by atoms with Crippen LogP contribution in [0.4, 0.5) is 0 Å². The molecule has 1 spiro atoms. The Balaban J connectivity index is 1.25. The SMILES string of the molecule is CN(C)C(=O)c1ccc(OCCC2CC23CCN(C(=O)C(C)(C)c2cccc(Br)n2)CC3)cc1Cl. The normalized spacial score (nSPS) is 18.9. The summed E-state index contributed by atoms with van der Waals surface area (Å²) in [6, 6.07) is 11.0. The number of ether oxygens (including phenoxy) is 1. The van der Waals surface area contributed by atoms with Crippen molar-refractivity contribution in [1.82, 2.24) is 14.8 Å². The van der Waals surface area contributed by atoms with E-state index in [0.717, 1.165) is 42.6 Å². The van der Waals surface area contributed by atoms with Gasteiger partial charge in [0.1, 0.15) is 10.4 Å². The third-order valence-corrected chi connectivity index (χ3v) is 8.36. The Morgan fingerprint density at radius 1 is 1.23 bits per heavy atom. The average Bonchev–Trinajstić information content (AvgIpc) is 3.49. The predicted molar refractivity (Wildman–Crippen MR) is 141 cm³/mol. The predicted octanol–water partition coefficient (Wildman–Crippen LogP) is 5.57. The average molecular weight is 563 g/mol. The smallest absolute Gasteiger partial charge is 0.254 e. The van der Waals surface area contributed by atoms with Gasteiger partial charge in [0.15, 0.2) is 0 Å². The molecule has 2 fully saturated rings. The quantitative estimate of drug-likeness (QED) is 0.414. The lowest BCUT2D eigenvalue weighted by atomic mass is 9.84. The van der Waals surface area contributed by atoms with Gasteiger partial charge in [-0.05, 0) is 97.1 Å². The van der Waals surface area contributed by atoms with Crippen LogP contribution in [0.3, 0.4) is 0 Å². The van der Waals surface area contributed by atoms with Gasteiger partial charge in [-0.3, -0.25) is 9.59 Å². The van der Waals surface area contributed by atoms with Gasteiger partial charge in [0.25, 0.3) is 5.91 Å². The van der Waals surface area contributed by atoms with Crippen molar-refractivity contribution in [2.75, 3.05) is 33.8 Å². The van der Waals surface area contributed by atoms with Crippen LogP contribution in [-0.4, -0.2) is 60.4 Å². The molecule has 4 rings (SSSR count). The van der Waals surface area contributed by atoms with Gasteiger partial charge in [-0.2, -0.15) is 0 Å². The molecule has 35 heavy (non-hydrogen) atoms. The Hall–Kier alpha value is -2.12. The molecule has 6 nitrogen and oxygen atoms in total. The Labute approximate surface area is 221 Å². The van der Waals surface area contributed by atoms with Crippen LogP contribution < -0.4 is 4.74 Å². The Kier molecular flexibility index (Phi) is 7.49. The molecule has 0 bridgehead atoms. The van der Waals surface area contributed by atoms with Crippen LogP contribution in [0.15, 0.2) is 41.0 Å². The van der Waals surface area contributed by atoms with Crippen LogP contribution in [0.25, 0.3) is 0 Å². The number of nitrogens with zero attached hydrogens (tertiary/aromatic N) is 3. The molecule has 1 aromatic heterocycles. The molecule has 2 heterocycles. The summed E-state index contributed by atoms with van der Waals surface area (Å²) in [5, 5.41) is 0.405. The number of halogens is 2. The Morgan fingerprint density at radius 2 is 1.94 bits per heavy atom. The molecule has 0 radical (unpaired) electrons. The van der Waals surface area contributed by atoms with Crippen LogP contribution >= 0.6 is 27.5 Å². The molecule has 1 saturated heterocycles. The molecule has 1 atom stereocenters. The Morgan fingerprint density at radius 3 is 2.57 bits per heavy atom. The summed E-state index contributed by atoms with van der Waals surface area (Å²) in [7, 11) is 3.41. The van der Waals surface area contributed by atoms with E-state index < -0.39 is 5.41 Å². The molecule has 0 N–H and O–H groups in total. The summed E-state index contributed by atoms with van der Waals surface area (Å²) in [6.45, 7) is 6.13. The lowest BCUT2D eigenvalue weighted by Crippen LogP contribution is -2.48. The monoisotopic (exact) mass is 561 g/mol. The standard InChI is InChI=1S/C27H33BrClN3O3/c1-26(2,22-6-5-7-23(28)30-22)25(34)32-13-11-27(12-14-32)17-18(27)10-15-35-19-8-9-20(21(29)16-19)24(33)31(3)4/h5-9,16,18H,10-15,17H2,1-4H3. The summed E-state index contributed by atoms with van der Waals surface area (Å²) in [5.74, 6) is 1.34. The van der Waals surface area contributed by atoms with Crippen LogP contribution in [-0.2, 0) is 10.2 Å². The molecular weight excluding hydrogens is 530 g/mol. The van der Waals surface area contributed by atoms with Crippen LogP contribution in [0.5, 0.6) is 5.75 Å². The number of carbonyl (C=O) groups excluding carboxylic acids is 2. The highest BCUT2D eigenvalue weighted by Gasteiger charge is 2.55. The van der Waals surface area contributed by atoms with E-state index in [4.69, 9.17) is 16.3 Å². The number of aromatic nitrogens is 1. The third-order valence-electron chi connectivity index (χ3n) is 7.61. The first-order chi connectivity index (χ1) is 16.5. The van der Waals surface area contributed by atoms with E-state index in [9.17, 15) is 9.59 Å². The van der Waals surface area contributed by atoms with Crippen LogP contribution in [0.1, 0.15) is 55.6 Å². The number of amides is 2. The van der Waals surface area contributed by atoms with Crippen molar-refractivity contribution >= 4 is 39.3 Å². The number of hydrogen-bond acceptors (Lipinski definition) is 4. The summed E-state index contributed by atoms with van der Waals surface area (Å²) in [6.07, 6.45) is 4.26. The first-order valence-corrected chi connectivity index (χ1v) is 13.3. The minimum atomic E-state index is -0.654. The van der Waals surface area contributed by atoms with Gasteiger partial charge in [0.2, 0.25) is 5.91 Å². The molecular formula is C27H33BrClN3O3. The van der Waals surface area contributed by atoms with Crippen molar-refractivity contribution in [2.45, 2.75) is 44.9 Å². The molecule has 1 aliphatic heterocycles. The van der Waals surface area contributed by atoms with Gasteiger partial charge >= 0.3 is 0 Å². The summed E-state index contributed by atoms with van der Waals surface area (Å²) >= 11 is 9.71. The maximum Gasteiger partial charge on any atom is 0.254 e. The summed E-state index contributed by atoms with van der Waals surface area (Å²) in [5.41, 5.74) is 0.958. The number of benzene rings is 1. The van der Waals surface area contributed by atoms with Crippen molar-refractivity contribution in [3.8, 4) is 5.75 Å². The maximum atomic E-state index is 13.3. The van der Waals surface area contributed by atoms with Crippen molar-refractivity contribution in [3.05, 3.63) is 57.3 Å². The number of likely N-dealkylation sites (tertiary alicyclic amines) is 1. The first-order valence-electron chi connectivity index (χ1n) is 12.1. The fourth-order valence-corrected chi connectivity index (χ4v) is 5.78. The fourth-order valence-electron chi connectivity index (χ4n) is 5.19.